The number of sulfonamides is 1. The maximum absolute atomic E-state index is 12.2. The van der Waals surface area contributed by atoms with Crippen molar-refractivity contribution in [1.82, 2.24) is 9.62 Å². The maximum Gasteiger partial charge on any atom is 0.263 e. The lowest BCUT2D eigenvalue weighted by Crippen LogP contribution is -2.27. The molecule has 0 aliphatic carbocycles. The van der Waals surface area contributed by atoms with Crippen LogP contribution < -0.4 is 4.72 Å². The largest absolute Gasteiger partial charge is 0.341 e. The molecular formula is C16H16BrN3O3S2. The highest BCUT2D eigenvalue weighted by Crippen LogP contribution is 2.23. The third-order valence-electron chi connectivity index (χ3n) is 3.71. The van der Waals surface area contributed by atoms with Crippen LogP contribution >= 0.6 is 27.3 Å². The second-order valence-corrected chi connectivity index (χ2v) is 9.74. The van der Waals surface area contributed by atoms with Crippen LogP contribution in [0.1, 0.15) is 16.9 Å². The molecule has 3 rings (SSSR count). The van der Waals surface area contributed by atoms with Crippen molar-refractivity contribution >= 4 is 49.0 Å². The molecule has 1 aromatic carbocycles. The SMILES string of the molecule is CN(Cc1ccc(Br)s1)C(=O)CCN=C1NS(=O)(=O)c2ccccc21. The lowest BCUT2D eigenvalue weighted by Gasteiger charge is -2.15. The Morgan fingerprint density at radius 1 is 1.28 bits per heavy atom. The van der Waals surface area contributed by atoms with Gasteiger partial charge in [-0.3, -0.25) is 14.5 Å². The summed E-state index contributed by atoms with van der Waals surface area (Å²) in [5.41, 5.74) is 0.548. The maximum atomic E-state index is 12.2. The summed E-state index contributed by atoms with van der Waals surface area (Å²) in [6, 6.07) is 10.6. The highest BCUT2D eigenvalue weighted by atomic mass is 79.9. The van der Waals surface area contributed by atoms with E-state index < -0.39 is 10.0 Å². The van der Waals surface area contributed by atoms with E-state index in [-0.39, 0.29) is 23.8 Å². The minimum atomic E-state index is -3.54. The van der Waals surface area contributed by atoms with Crippen molar-refractivity contribution in [3.05, 3.63) is 50.6 Å². The second kappa shape index (κ2) is 7.27. The number of hydrogen-bond acceptors (Lipinski definition) is 5. The molecule has 6 nitrogen and oxygen atoms in total. The summed E-state index contributed by atoms with van der Waals surface area (Å²) >= 11 is 4.99. The molecule has 1 aliphatic rings. The van der Waals surface area contributed by atoms with Crippen LogP contribution in [-0.4, -0.2) is 38.7 Å². The quantitative estimate of drug-likeness (QED) is 0.773. The Labute approximate surface area is 158 Å². The smallest absolute Gasteiger partial charge is 0.263 e. The first kappa shape index (κ1) is 18.1. The van der Waals surface area contributed by atoms with Gasteiger partial charge >= 0.3 is 0 Å². The van der Waals surface area contributed by atoms with Gasteiger partial charge in [0.05, 0.1) is 21.8 Å². The van der Waals surface area contributed by atoms with Gasteiger partial charge in [0.1, 0.15) is 5.84 Å². The lowest BCUT2D eigenvalue weighted by molar-refractivity contribution is -0.130. The number of carbonyl (C=O) groups is 1. The summed E-state index contributed by atoms with van der Waals surface area (Å²) in [5.74, 6) is 0.260. The predicted octanol–water partition coefficient (Wildman–Crippen LogP) is 2.60. The predicted molar refractivity (Wildman–Crippen MR) is 101 cm³/mol. The third kappa shape index (κ3) is 4.10. The van der Waals surface area contributed by atoms with Crippen LogP contribution in [0.5, 0.6) is 0 Å². The minimum Gasteiger partial charge on any atom is -0.341 e. The van der Waals surface area contributed by atoms with Gasteiger partial charge in [-0.05, 0) is 40.2 Å². The Morgan fingerprint density at radius 3 is 2.76 bits per heavy atom. The average molecular weight is 442 g/mol. The molecule has 0 saturated heterocycles. The van der Waals surface area contributed by atoms with E-state index in [1.54, 1.807) is 41.5 Å². The Hall–Kier alpha value is -1.71. The fourth-order valence-corrected chi connectivity index (χ4v) is 5.25. The van der Waals surface area contributed by atoms with Crippen LogP contribution in [0, 0.1) is 0 Å². The zero-order chi connectivity index (χ0) is 18.0. The van der Waals surface area contributed by atoms with E-state index in [1.165, 1.54) is 6.07 Å². The fraction of sp³-hybridized carbons (Fsp3) is 0.250. The highest BCUT2D eigenvalue weighted by molar-refractivity contribution is 9.11. The van der Waals surface area contributed by atoms with E-state index in [1.807, 2.05) is 12.1 Å². The van der Waals surface area contributed by atoms with Crippen LogP contribution in [0.3, 0.4) is 0 Å². The molecule has 0 unspecified atom stereocenters. The number of thiophene rings is 1. The number of carbonyl (C=O) groups excluding carboxylic acids is 1. The Balaban J connectivity index is 1.61. The zero-order valence-electron chi connectivity index (χ0n) is 13.4. The molecular weight excluding hydrogens is 426 g/mol. The van der Waals surface area contributed by atoms with Gasteiger partial charge < -0.3 is 4.90 Å². The number of amidine groups is 1. The molecule has 1 amide bonds. The molecule has 0 radical (unpaired) electrons. The van der Waals surface area contributed by atoms with Crippen molar-refractivity contribution < 1.29 is 13.2 Å². The first-order valence-electron chi connectivity index (χ1n) is 7.51. The second-order valence-electron chi connectivity index (χ2n) is 5.54. The molecule has 0 bridgehead atoms. The normalized spacial score (nSPS) is 16.5. The standard InChI is InChI=1S/C16H16BrN3O3S2/c1-20(10-11-6-7-14(17)24-11)15(21)8-9-18-16-12-4-2-3-5-13(12)25(22,23)19-16/h2-7H,8-10H2,1H3,(H,18,19). The molecule has 0 fully saturated rings. The number of fused-ring (bicyclic) bond motifs is 1. The first-order valence-corrected chi connectivity index (χ1v) is 10.6. The molecule has 0 spiro atoms. The van der Waals surface area contributed by atoms with Crippen molar-refractivity contribution in [2.24, 2.45) is 4.99 Å². The summed E-state index contributed by atoms with van der Waals surface area (Å²) in [6.07, 6.45) is 0.219. The van der Waals surface area contributed by atoms with Crippen molar-refractivity contribution in [2.45, 2.75) is 17.9 Å². The summed E-state index contributed by atoms with van der Waals surface area (Å²) in [5, 5.41) is 0. The monoisotopic (exact) mass is 441 g/mol. The first-order chi connectivity index (χ1) is 11.9. The summed E-state index contributed by atoms with van der Waals surface area (Å²) in [6.45, 7) is 0.768. The number of amides is 1. The number of rotatable bonds is 5. The van der Waals surface area contributed by atoms with Crippen LogP contribution in [0.15, 0.2) is 50.1 Å². The molecule has 9 heteroatoms. The number of benzene rings is 1. The number of nitrogens with zero attached hydrogens (tertiary/aromatic N) is 2. The molecule has 2 heterocycles. The lowest BCUT2D eigenvalue weighted by atomic mass is 10.2. The average Bonchev–Trinajstić information content (AvgIpc) is 3.09. The van der Waals surface area contributed by atoms with Gasteiger partial charge in [0.25, 0.3) is 10.0 Å². The van der Waals surface area contributed by atoms with Gasteiger partial charge in [-0.1, -0.05) is 12.1 Å². The van der Waals surface area contributed by atoms with E-state index in [0.717, 1.165) is 8.66 Å². The molecule has 1 aliphatic heterocycles. The molecule has 1 N–H and O–H groups in total. The van der Waals surface area contributed by atoms with E-state index in [2.05, 4.69) is 25.6 Å². The van der Waals surface area contributed by atoms with Gasteiger partial charge in [-0.15, -0.1) is 11.3 Å². The van der Waals surface area contributed by atoms with Crippen LogP contribution in [0.4, 0.5) is 0 Å². The number of hydrogen-bond donors (Lipinski definition) is 1. The Morgan fingerprint density at radius 2 is 2.04 bits per heavy atom. The fourth-order valence-electron chi connectivity index (χ4n) is 2.46. The molecule has 0 saturated carbocycles. The van der Waals surface area contributed by atoms with Crippen LogP contribution in [0.25, 0.3) is 0 Å². The molecule has 25 heavy (non-hydrogen) atoms. The zero-order valence-corrected chi connectivity index (χ0v) is 16.6. The topological polar surface area (TPSA) is 78.8 Å². The van der Waals surface area contributed by atoms with Gasteiger partial charge in [0.2, 0.25) is 5.91 Å². The van der Waals surface area contributed by atoms with Gasteiger partial charge in [-0.25, -0.2) is 8.42 Å². The minimum absolute atomic E-state index is 0.0389. The van der Waals surface area contributed by atoms with Crippen molar-refractivity contribution in [3.63, 3.8) is 0 Å². The van der Waals surface area contributed by atoms with E-state index in [0.29, 0.717) is 17.9 Å². The van der Waals surface area contributed by atoms with E-state index in [4.69, 9.17) is 0 Å². The van der Waals surface area contributed by atoms with Crippen LogP contribution in [0.2, 0.25) is 0 Å². The van der Waals surface area contributed by atoms with Crippen molar-refractivity contribution in [3.8, 4) is 0 Å². The Kier molecular flexibility index (Phi) is 5.26. The van der Waals surface area contributed by atoms with Gasteiger partial charge in [0, 0.05) is 23.9 Å². The Bertz CT molecular complexity index is 938. The van der Waals surface area contributed by atoms with E-state index in [9.17, 15) is 13.2 Å². The van der Waals surface area contributed by atoms with Gasteiger partial charge in [-0.2, -0.15) is 0 Å². The molecule has 1 aromatic heterocycles. The molecule has 132 valence electrons. The molecule has 2 aromatic rings. The highest BCUT2D eigenvalue weighted by Gasteiger charge is 2.29. The number of aliphatic imine (C=N–C) groups is 1. The summed E-state index contributed by atoms with van der Waals surface area (Å²) < 4.78 is 27.5. The summed E-state index contributed by atoms with van der Waals surface area (Å²) in [4.78, 5) is 19.4. The molecule has 0 atom stereocenters. The third-order valence-corrected chi connectivity index (χ3v) is 6.71. The van der Waals surface area contributed by atoms with Gasteiger partial charge in [0.15, 0.2) is 0 Å². The number of halogens is 1. The van der Waals surface area contributed by atoms with Crippen molar-refractivity contribution in [2.75, 3.05) is 13.6 Å². The van der Waals surface area contributed by atoms with E-state index >= 15 is 0 Å². The van der Waals surface area contributed by atoms with Crippen molar-refractivity contribution in [1.29, 1.82) is 0 Å². The van der Waals surface area contributed by atoms with Crippen LogP contribution in [-0.2, 0) is 21.4 Å². The summed E-state index contributed by atoms with van der Waals surface area (Å²) in [7, 11) is -1.79. The number of nitrogens with one attached hydrogen (secondary N) is 1.